The van der Waals surface area contributed by atoms with Gasteiger partial charge in [-0.1, -0.05) is 75.1 Å². The smallest absolute Gasteiger partial charge is 0.338 e. The average molecular weight is 437 g/mol. The number of benzene rings is 2. The van der Waals surface area contributed by atoms with Crippen molar-refractivity contribution < 1.29 is 19.1 Å². The Hall–Kier alpha value is -3.28. The third kappa shape index (κ3) is 6.61. The zero-order valence-corrected chi connectivity index (χ0v) is 18.9. The Bertz CT molecular complexity index is 940. The zero-order chi connectivity index (χ0) is 22.8. The highest BCUT2D eigenvalue weighted by atomic mass is 16.5. The van der Waals surface area contributed by atoms with Crippen LogP contribution in [0.4, 0.5) is 4.79 Å². The summed E-state index contributed by atoms with van der Waals surface area (Å²) >= 11 is 0. The number of amides is 2. The van der Waals surface area contributed by atoms with Gasteiger partial charge in [-0.2, -0.15) is 0 Å². The summed E-state index contributed by atoms with van der Waals surface area (Å²) in [4.78, 5) is 25.0. The molecule has 1 aliphatic heterocycles. The molecule has 0 unspecified atom stereocenters. The van der Waals surface area contributed by atoms with Gasteiger partial charge in [0.25, 0.3) is 0 Å². The Labute approximate surface area is 190 Å². The first kappa shape index (κ1) is 23.4. The van der Waals surface area contributed by atoms with Crippen LogP contribution in [-0.4, -0.2) is 18.6 Å². The number of nitrogens with one attached hydrogen (secondary N) is 2. The molecule has 1 heterocycles. The lowest BCUT2D eigenvalue weighted by Crippen LogP contribution is -2.45. The van der Waals surface area contributed by atoms with Crippen LogP contribution >= 0.6 is 0 Å². The Morgan fingerprint density at radius 1 is 1.00 bits per heavy atom. The zero-order valence-electron chi connectivity index (χ0n) is 18.9. The van der Waals surface area contributed by atoms with Gasteiger partial charge >= 0.3 is 12.0 Å². The minimum absolute atomic E-state index is 0.348. The summed E-state index contributed by atoms with van der Waals surface area (Å²) in [6, 6.07) is 16.4. The van der Waals surface area contributed by atoms with Crippen LogP contribution < -0.4 is 15.4 Å². The molecule has 3 rings (SSSR count). The Balaban J connectivity index is 1.69. The third-order valence-electron chi connectivity index (χ3n) is 5.41. The molecule has 2 aromatic rings. The molecule has 0 saturated heterocycles. The standard InChI is InChI=1S/C26H32N2O4/c1-3-4-5-6-10-16-31-25(29)23-19(2)27-26(30)28-24(23)21-14-11-15-22(17-21)32-18-20-12-8-7-9-13-20/h7-9,11-15,17,24H,3-6,10,16,18H2,1-2H3,(H2,27,28,30)/t24-/m1/s1. The maximum atomic E-state index is 12.9. The molecule has 0 bridgehead atoms. The molecule has 6 heteroatoms. The molecule has 0 aliphatic carbocycles. The second-order valence-electron chi connectivity index (χ2n) is 7.97. The SMILES string of the molecule is CCCCCCCOC(=O)C1=C(C)NC(=O)N[C@@H]1c1cccc(OCc2ccccc2)c1. The van der Waals surface area contributed by atoms with Crippen molar-refractivity contribution in [2.45, 2.75) is 58.6 Å². The molecule has 0 radical (unpaired) electrons. The maximum absolute atomic E-state index is 12.9. The molecule has 2 aromatic carbocycles. The lowest BCUT2D eigenvalue weighted by molar-refractivity contribution is -0.139. The van der Waals surface area contributed by atoms with Crippen molar-refractivity contribution in [3.63, 3.8) is 0 Å². The van der Waals surface area contributed by atoms with Crippen LogP contribution in [0.1, 0.15) is 63.1 Å². The van der Waals surface area contributed by atoms with Gasteiger partial charge < -0.3 is 20.1 Å². The number of carbonyl (C=O) groups is 2. The van der Waals surface area contributed by atoms with Gasteiger partial charge in [0, 0.05) is 5.70 Å². The molecule has 170 valence electrons. The minimum Gasteiger partial charge on any atom is -0.489 e. The van der Waals surface area contributed by atoms with Gasteiger partial charge in [0.2, 0.25) is 0 Å². The van der Waals surface area contributed by atoms with Gasteiger partial charge in [-0.15, -0.1) is 0 Å². The Morgan fingerprint density at radius 3 is 2.56 bits per heavy atom. The fourth-order valence-electron chi connectivity index (χ4n) is 3.69. The molecule has 32 heavy (non-hydrogen) atoms. The molecule has 0 aromatic heterocycles. The van der Waals surface area contributed by atoms with Crippen LogP contribution in [0.25, 0.3) is 0 Å². The third-order valence-corrected chi connectivity index (χ3v) is 5.41. The van der Waals surface area contributed by atoms with E-state index in [-0.39, 0.29) is 6.03 Å². The number of rotatable bonds is 11. The number of esters is 1. The van der Waals surface area contributed by atoms with E-state index in [1.165, 1.54) is 12.8 Å². The van der Waals surface area contributed by atoms with E-state index in [1.54, 1.807) is 6.92 Å². The normalized spacial score (nSPS) is 15.7. The largest absolute Gasteiger partial charge is 0.489 e. The van der Waals surface area contributed by atoms with Crippen molar-refractivity contribution in [3.05, 3.63) is 77.0 Å². The first-order valence-electron chi connectivity index (χ1n) is 11.3. The van der Waals surface area contributed by atoms with E-state index in [1.807, 2.05) is 54.6 Å². The molecule has 2 N–H and O–H groups in total. The van der Waals surface area contributed by atoms with Gasteiger partial charge in [0.15, 0.2) is 0 Å². The van der Waals surface area contributed by atoms with Gasteiger partial charge in [-0.25, -0.2) is 9.59 Å². The number of allylic oxidation sites excluding steroid dienone is 1. The molecule has 0 fully saturated rings. The van der Waals surface area contributed by atoms with Gasteiger partial charge in [-0.3, -0.25) is 0 Å². The summed E-state index contributed by atoms with van der Waals surface area (Å²) in [6.45, 7) is 4.70. The van der Waals surface area contributed by atoms with E-state index >= 15 is 0 Å². The van der Waals surface area contributed by atoms with Crippen LogP contribution in [0.3, 0.4) is 0 Å². The highest BCUT2D eigenvalue weighted by molar-refractivity contribution is 5.95. The van der Waals surface area contributed by atoms with Crippen LogP contribution in [-0.2, 0) is 16.1 Å². The molecule has 0 saturated carbocycles. The average Bonchev–Trinajstić information content (AvgIpc) is 2.80. The highest BCUT2D eigenvalue weighted by Crippen LogP contribution is 2.30. The van der Waals surface area contributed by atoms with Crippen molar-refractivity contribution in [1.82, 2.24) is 10.6 Å². The summed E-state index contributed by atoms with van der Waals surface area (Å²) in [5.41, 5.74) is 2.75. The quantitative estimate of drug-likeness (QED) is 0.365. The van der Waals surface area contributed by atoms with E-state index < -0.39 is 12.0 Å². The molecule has 0 spiro atoms. The summed E-state index contributed by atoms with van der Waals surface area (Å²) < 4.78 is 11.5. The van der Waals surface area contributed by atoms with Crippen molar-refractivity contribution in [3.8, 4) is 5.75 Å². The number of ether oxygens (including phenoxy) is 2. The van der Waals surface area contributed by atoms with E-state index in [9.17, 15) is 9.59 Å². The Kier molecular flexibility index (Phi) is 8.72. The van der Waals surface area contributed by atoms with Gasteiger partial charge in [0.05, 0.1) is 18.2 Å². The number of carbonyl (C=O) groups excluding carboxylic acids is 2. The molecule has 1 atom stereocenters. The molecular weight excluding hydrogens is 404 g/mol. The molecule has 6 nitrogen and oxygen atoms in total. The predicted molar refractivity (Wildman–Crippen MR) is 124 cm³/mol. The van der Waals surface area contributed by atoms with Crippen LogP contribution in [0.2, 0.25) is 0 Å². The van der Waals surface area contributed by atoms with Crippen molar-refractivity contribution in [2.75, 3.05) is 6.61 Å². The predicted octanol–water partition coefficient (Wildman–Crippen LogP) is 5.41. The molecule has 1 aliphatic rings. The second-order valence-corrected chi connectivity index (χ2v) is 7.97. The summed E-state index contributed by atoms with van der Waals surface area (Å²) in [7, 11) is 0. The number of urea groups is 1. The number of hydrogen-bond acceptors (Lipinski definition) is 4. The highest BCUT2D eigenvalue weighted by Gasteiger charge is 2.32. The lowest BCUT2D eigenvalue weighted by Gasteiger charge is -2.28. The van der Waals surface area contributed by atoms with E-state index in [4.69, 9.17) is 9.47 Å². The number of hydrogen-bond donors (Lipinski definition) is 2. The molecule has 2 amide bonds. The second kappa shape index (κ2) is 11.9. The van der Waals surface area contributed by atoms with Crippen molar-refractivity contribution in [1.29, 1.82) is 0 Å². The van der Waals surface area contributed by atoms with Gasteiger partial charge in [0.1, 0.15) is 12.4 Å². The maximum Gasteiger partial charge on any atom is 0.338 e. The van der Waals surface area contributed by atoms with E-state index in [0.29, 0.717) is 30.2 Å². The van der Waals surface area contributed by atoms with Gasteiger partial charge in [-0.05, 0) is 36.6 Å². The fraction of sp³-hybridized carbons (Fsp3) is 0.385. The fourth-order valence-corrected chi connectivity index (χ4v) is 3.69. The summed E-state index contributed by atoms with van der Waals surface area (Å²) in [5.74, 6) is 0.256. The summed E-state index contributed by atoms with van der Waals surface area (Å²) in [6.07, 6.45) is 5.39. The van der Waals surface area contributed by atoms with Crippen LogP contribution in [0.15, 0.2) is 65.9 Å². The minimum atomic E-state index is -0.600. The number of unbranched alkanes of at least 4 members (excludes halogenated alkanes) is 4. The van der Waals surface area contributed by atoms with Crippen molar-refractivity contribution in [2.24, 2.45) is 0 Å². The lowest BCUT2D eigenvalue weighted by atomic mass is 9.95. The van der Waals surface area contributed by atoms with Crippen molar-refractivity contribution >= 4 is 12.0 Å². The monoisotopic (exact) mass is 436 g/mol. The topological polar surface area (TPSA) is 76.7 Å². The first-order valence-corrected chi connectivity index (χ1v) is 11.3. The summed E-state index contributed by atoms with van der Waals surface area (Å²) in [5, 5.41) is 5.54. The van der Waals surface area contributed by atoms with E-state index in [2.05, 4.69) is 17.6 Å². The van der Waals surface area contributed by atoms with Crippen LogP contribution in [0.5, 0.6) is 5.75 Å². The first-order chi connectivity index (χ1) is 15.6. The van der Waals surface area contributed by atoms with E-state index in [0.717, 1.165) is 30.4 Å². The Morgan fingerprint density at radius 2 is 1.78 bits per heavy atom. The van der Waals surface area contributed by atoms with Crippen LogP contribution in [0, 0.1) is 0 Å². The molecular formula is C26H32N2O4.